The van der Waals surface area contributed by atoms with E-state index in [1.165, 1.54) is 0 Å². The molecule has 2 heterocycles. The van der Waals surface area contributed by atoms with E-state index >= 15 is 0 Å². The molecule has 1 fully saturated rings. The van der Waals surface area contributed by atoms with Crippen molar-refractivity contribution < 1.29 is 14.7 Å². The molecule has 2 rings (SSSR count). The highest BCUT2D eigenvalue weighted by atomic mass is 16.4. The Morgan fingerprint density at radius 1 is 1.55 bits per heavy atom. The number of amides is 2. The van der Waals surface area contributed by atoms with Crippen molar-refractivity contribution in [2.75, 3.05) is 13.1 Å². The highest BCUT2D eigenvalue weighted by Crippen LogP contribution is 2.19. The van der Waals surface area contributed by atoms with Crippen LogP contribution >= 0.6 is 0 Å². The number of nitrogens with zero attached hydrogens (tertiary/aromatic N) is 2. The second kappa shape index (κ2) is 6.36. The van der Waals surface area contributed by atoms with Crippen molar-refractivity contribution in [2.45, 2.75) is 26.3 Å². The van der Waals surface area contributed by atoms with E-state index in [0.717, 1.165) is 17.5 Å². The normalized spacial score (nSPS) is 18.1. The van der Waals surface area contributed by atoms with Gasteiger partial charge in [-0.15, -0.1) is 0 Å². The summed E-state index contributed by atoms with van der Waals surface area (Å²) < 4.78 is 0. The SMILES string of the molecule is Cc1cnccc1CNC(=O)N1CCC(CC(=O)O)C1. The van der Waals surface area contributed by atoms with E-state index in [0.29, 0.717) is 19.6 Å². The third-order valence-electron chi connectivity index (χ3n) is 3.60. The first kappa shape index (κ1) is 14.3. The molecular weight excluding hydrogens is 258 g/mol. The van der Waals surface area contributed by atoms with Gasteiger partial charge in [-0.25, -0.2) is 4.79 Å². The maximum Gasteiger partial charge on any atom is 0.317 e. The average molecular weight is 277 g/mol. The van der Waals surface area contributed by atoms with Crippen LogP contribution in [0.15, 0.2) is 18.5 Å². The molecule has 1 aromatic rings. The number of hydrogen-bond acceptors (Lipinski definition) is 3. The number of aliphatic carboxylic acids is 1. The zero-order chi connectivity index (χ0) is 14.5. The summed E-state index contributed by atoms with van der Waals surface area (Å²) in [6.07, 6.45) is 4.36. The number of carbonyl (C=O) groups excluding carboxylic acids is 1. The standard InChI is InChI=1S/C14H19N3O3/c1-10-7-15-4-2-12(10)8-16-14(20)17-5-3-11(9-17)6-13(18)19/h2,4,7,11H,3,5-6,8-9H2,1H3,(H,16,20)(H,18,19). The minimum Gasteiger partial charge on any atom is -0.481 e. The Kier molecular flexibility index (Phi) is 4.55. The van der Waals surface area contributed by atoms with Gasteiger partial charge in [0.1, 0.15) is 0 Å². The van der Waals surface area contributed by atoms with Crippen LogP contribution in [0.3, 0.4) is 0 Å². The van der Waals surface area contributed by atoms with E-state index in [4.69, 9.17) is 5.11 Å². The quantitative estimate of drug-likeness (QED) is 0.871. The van der Waals surface area contributed by atoms with Gasteiger partial charge in [-0.1, -0.05) is 0 Å². The first-order valence-electron chi connectivity index (χ1n) is 6.70. The van der Waals surface area contributed by atoms with Crippen LogP contribution in [0, 0.1) is 12.8 Å². The number of rotatable bonds is 4. The highest BCUT2D eigenvalue weighted by Gasteiger charge is 2.27. The monoisotopic (exact) mass is 277 g/mol. The molecule has 0 aromatic carbocycles. The maximum atomic E-state index is 12.0. The van der Waals surface area contributed by atoms with Gasteiger partial charge in [0.2, 0.25) is 0 Å². The predicted molar refractivity (Wildman–Crippen MR) is 73.1 cm³/mol. The summed E-state index contributed by atoms with van der Waals surface area (Å²) in [5, 5.41) is 11.6. The molecule has 1 aliphatic rings. The molecule has 1 aliphatic heterocycles. The van der Waals surface area contributed by atoms with Crippen molar-refractivity contribution in [1.82, 2.24) is 15.2 Å². The van der Waals surface area contributed by atoms with Crippen LogP contribution in [0.25, 0.3) is 0 Å². The molecule has 0 radical (unpaired) electrons. The van der Waals surface area contributed by atoms with E-state index < -0.39 is 5.97 Å². The van der Waals surface area contributed by atoms with Crippen molar-refractivity contribution in [3.63, 3.8) is 0 Å². The summed E-state index contributed by atoms with van der Waals surface area (Å²) in [6.45, 7) is 3.56. The number of likely N-dealkylation sites (tertiary alicyclic amines) is 1. The van der Waals surface area contributed by atoms with Gasteiger partial charge < -0.3 is 15.3 Å². The summed E-state index contributed by atoms with van der Waals surface area (Å²) in [7, 11) is 0. The van der Waals surface area contributed by atoms with Crippen molar-refractivity contribution >= 4 is 12.0 Å². The van der Waals surface area contributed by atoms with Crippen LogP contribution in [0.4, 0.5) is 4.79 Å². The molecule has 0 spiro atoms. The van der Waals surface area contributed by atoms with Crippen molar-refractivity contribution in [2.24, 2.45) is 5.92 Å². The highest BCUT2D eigenvalue weighted by molar-refractivity contribution is 5.74. The molecule has 6 heteroatoms. The molecule has 108 valence electrons. The fourth-order valence-electron chi connectivity index (χ4n) is 2.41. The Hall–Kier alpha value is -2.11. The molecule has 1 aromatic heterocycles. The molecule has 1 unspecified atom stereocenters. The molecule has 6 nitrogen and oxygen atoms in total. The first-order valence-corrected chi connectivity index (χ1v) is 6.70. The fraction of sp³-hybridized carbons (Fsp3) is 0.500. The summed E-state index contributed by atoms with van der Waals surface area (Å²) >= 11 is 0. The number of aryl methyl sites for hydroxylation is 1. The number of carboxylic acids is 1. The number of carboxylic acid groups (broad SMARTS) is 1. The number of hydrogen-bond donors (Lipinski definition) is 2. The number of urea groups is 1. The maximum absolute atomic E-state index is 12.0. The number of aromatic nitrogens is 1. The third-order valence-corrected chi connectivity index (χ3v) is 3.60. The van der Waals surface area contributed by atoms with E-state index in [-0.39, 0.29) is 18.4 Å². The van der Waals surface area contributed by atoms with Crippen LogP contribution in [0.2, 0.25) is 0 Å². The topological polar surface area (TPSA) is 82.5 Å². The smallest absolute Gasteiger partial charge is 0.317 e. The summed E-state index contributed by atoms with van der Waals surface area (Å²) in [6, 6.07) is 1.75. The van der Waals surface area contributed by atoms with Crippen molar-refractivity contribution in [3.8, 4) is 0 Å². The Balaban J connectivity index is 1.81. The Morgan fingerprint density at radius 2 is 2.35 bits per heavy atom. The van der Waals surface area contributed by atoms with Crippen LogP contribution in [0.5, 0.6) is 0 Å². The second-order valence-corrected chi connectivity index (χ2v) is 5.16. The van der Waals surface area contributed by atoms with Crippen LogP contribution in [0.1, 0.15) is 24.0 Å². The molecule has 0 saturated carbocycles. The van der Waals surface area contributed by atoms with Crippen LogP contribution in [-0.2, 0) is 11.3 Å². The molecule has 2 N–H and O–H groups in total. The zero-order valence-electron chi connectivity index (χ0n) is 11.5. The molecule has 2 amide bonds. The molecule has 0 bridgehead atoms. The predicted octanol–water partition coefficient (Wildman–Crippen LogP) is 1.40. The Labute approximate surface area is 117 Å². The van der Waals surface area contributed by atoms with Gasteiger partial charge in [0.25, 0.3) is 0 Å². The van der Waals surface area contributed by atoms with E-state index in [9.17, 15) is 9.59 Å². The lowest BCUT2D eigenvalue weighted by Gasteiger charge is -2.17. The van der Waals surface area contributed by atoms with Gasteiger partial charge in [-0.3, -0.25) is 9.78 Å². The molecule has 20 heavy (non-hydrogen) atoms. The van der Waals surface area contributed by atoms with Crippen molar-refractivity contribution in [3.05, 3.63) is 29.6 Å². The second-order valence-electron chi connectivity index (χ2n) is 5.16. The van der Waals surface area contributed by atoms with E-state index in [2.05, 4.69) is 10.3 Å². The summed E-state index contributed by atoms with van der Waals surface area (Å²) in [5.74, 6) is -0.731. The Bertz CT molecular complexity index is 504. The molecule has 1 saturated heterocycles. The third kappa shape index (κ3) is 3.69. The molecular formula is C14H19N3O3. The fourth-order valence-corrected chi connectivity index (χ4v) is 2.41. The Morgan fingerprint density at radius 3 is 3.05 bits per heavy atom. The minimum absolute atomic E-state index is 0.0703. The van der Waals surface area contributed by atoms with E-state index in [1.54, 1.807) is 17.3 Å². The largest absolute Gasteiger partial charge is 0.481 e. The van der Waals surface area contributed by atoms with Gasteiger partial charge >= 0.3 is 12.0 Å². The summed E-state index contributed by atoms with van der Waals surface area (Å²) in [4.78, 5) is 28.4. The lowest BCUT2D eigenvalue weighted by Crippen LogP contribution is -2.38. The van der Waals surface area contributed by atoms with Crippen LogP contribution < -0.4 is 5.32 Å². The zero-order valence-corrected chi connectivity index (χ0v) is 11.5. The van der Waals surface area contributed by atoms with Gasteiger partial charge in [-0.05, 0) is 36.5 Å². The minimum atomic E-state index is -0.801. The molecule has 1 atom stereocenters. The summed E-state index contributed by atoms with van der Waals surface area (Å²) in [5.41, 5.74) is 2.08. The van der Waals surface area contributed by atoms with Gasteiger partial charge in [0.15, 0.2) is 0 Å². The van der Waals surface area contributed by atoms with Gasteiger partial charge in [0.05, 0.1) is 0 Å². The van der Waals surface area contributed by atoms with E-state index in [1.807, 2.05) is 13.0 Å². The number of carbonyl (C=O) groups is 2. The van der Waals surface area contributed by atoms with Crippen molar-refractivity contribution in [1.29, 1.82) is 0 Å². The van der Waals surface area contributed by atoms with Crippen LogP contribution in [-0.4, -0.2) is 40.1 Å². The average Bonchev–Trinajstić information content (AvgIpc) is 2.85. The lowest BCUT2D eigenvalue weighted by molar-refractivity contribution is -0.138. The van der Waals surface area contributed by atoms with Gasteiger partial charge in [-0.2, -0.15) is 0 Å². The first-order chi connectivity index (χ1) is 9.56. The number of nitrogens with one attached hydrogen (secondary N) is 1. The number of pyridine rings is 1. The lowest BCUT2D eigenvalue weighted by atomic mass is 10.1. The van der Waals surface area contributed by atoms with Gasteiger partial charge in [0, 0.05) is 38.4 Å². The molecule has 0 aliphatic carbocycles.